The molecule has 5 nitrogen and oxygen atoms in total. The second kappa shape index (κ2) is 8.47. The molecule has 0 bridgehead atoms. The van der Waals surface area contributed by atoms with Crippen LogP contribution in [0.5, 0.6) is 5.75 Å². The third kappa shape index (κ3) is 6.47. The first kappa shape index (κ1) is 16.4. The standard InChI is InChI=1S/C14H19NO4S/c1-10(3-8-14(17)18)15-13(16)9-20-12-6-4-11(19-2)5-7-12/h4-7,10H,3,8-9H2,1-2H3,(H,15,16)(H,17,18). The third-order valence-corrected chi connectivity index (χ3v) is 3.64. The number of thioether (sulfide) groups is 1. The summed E-state index contributed by atoms with van der Waals surface area (Å²) in [4.78, 5) is 23.1. The molecule has 110 valence electrons. The van der Waals surface area contributed by atoms with Gasteiger partial charge in [-0.25, -0.2) is 0 Å². The highest BCUT2D eigenvalue weighted by molar-refractivity contribution is 8.00. The van der Waals surface area contributed by atoms with Crippen LogP contribution in [0.3, 0.4) is 0 Å². The summed E-state index contributed by atoms with van der Waals surface area (Å²) in [5.74, 6) is 0.146. The molecule has 20 heavy (non-hydrogen) atoms. The molecule has 0 aromatic heterocycles. The molecule has 0 aliphatic rings. The molecule has 1 rings (SSSR count). The summed E-state index contributed by atoms with van der Waals surface area (Å²) in [6, 6.07) is 7.34. The van der Waals surface area contributed by atoms with E-state index in [0.717, 1.165) is 10.6 Å². The number of nitrogens with one attached hydrogen (secondary N) is 1. The van der Waals surface area contributed by atoms with Crippen LogP contribution in [0, 0.1) is 0 Å². The van der Waals surface area contributed by atoms with Gasteiger partial charge in [0, 0.05) is 17.4 Å². The van der Waals surface area contributed by atoms with Crippen molar-refractivity contribution in [2.45, 2.75) is 30.7 Å². The molecular formula is C14H19NO4S. The van der Waals surface area contributed by atoms with Crippen LogP contribution in [-0.2, 0) is 9.59 Å². The van der Waals surface area contributed by atoms with Crippen LogP contribution in [0.4, 0.5) is 0 Å². The van der Waals surface area contributed by atoms with Gasteiger partial charge in [-0.15, -0.1) is 11.8 Å². The van der Waals surface area contributed by atoms with Gasteiger partial charge in [0.15, 0.2) is 0 Å². The van der Waals surface area contributed by atoms with Gasteiger partial charge in [0.1, 0.15) is 5.75 Å². The van der Waals surface area contributed by atoms with Crippen molar-refractivity contribution in [1.82, 2.24) is 5.32 Å². The minimum atomic E-state index is -0.848. The van der Waals surface area contributed by atoms with E-state index >= 15 is 0 Å². The van der Waals surface area contributed by atoms with Crippen LogP contribution in [0.25, 0.3) is 0 Å². The number of ether oxygens (including phenoxy) is 1. The molecule has 1 aromatic carbocycles. The van der Waals surface area contributed by atoms with E-state index in [1.165, 1.54) is 11.8 Å². The second-order valence-corrected chi connectivity index (χ2v) is 5.41. The zero-order valence-corrected chi connectivity index (χ0v) is 12.4. The lowest BCUT2D eigenvalue weighted by molar-refractivity contribution is -0.137. The molecule has 0 radical (unpaired) electrons. The van der Waals surface area contributed by atoms with Gasteiger partial charge >= 0.3 is 5.97 Å². The third-order valence-electron chi connectivity index (χ3n) is 2.63. The molecule has 6 heteroatoms. The topological polar surface area (TPSA) is 75.6 Å². The van der Waals surface area contributed by atoms with Crippen LogP contribution < -0.4 is 10.1 Å². The Balaban J connectivity index is 2.29. The Morgan fingerprint density at radius 2 is 2.00 bits per heavy atom. The van der Waals surface area contributed by atoms with Crippen molar-refractivity contribution < 1.29 is 19.4 Å². The molecule has 0 fully saturated rings. The van der Waals surface area contributed by atoms with E-state index in [2.05, 4.69) is 5.32 Å². The molecule has 1 amide bonds. The highest BCUT2D eigenvalue weighted by Gasteiger charge is 2.09. The first-order valence-electron chi connectivity index (χ1n) is 6.29. The SMILES string of the molecule is COc1ccc(SCC(=O)NC(C)CCC(=O)O)cc1. The van der Waals surface area contributed by atoms with Gasteiger partial charge in [-0.05, 0) is 37.6 Å². The number of hydrogen-bond acceptors (Lipinski definition) is 4. The Labute approximate surface area is 122 Å². The zero-order chi connectivity index (χ0) is 15.0. The van der Waals surface area contributed by atoms with Gasteiger partial charge < -0.3 is 15.2 Å². The van der Waals surface area contributed by atoms with Crippen molar-refractivity contribution in [2.24, 2.45) is 0 Å². The van der Waals surface area contributed by atoms with Gasteiger partial charge in [-0.1, -0.05) is 0 Å². The van der Waals surface area contributed by atoms with Crippen LogP contribution in [-0.4, -0.2) is 35.9 Å². The number of rotatable bonds is 8. The largest absolute Gasteiger partial charge is 0.497 e. The maximum atomic E-state index is 11.7. The average molecular weight is 297 g/mol. The van der Waals surface area contributed by atoms with Gasteiger partial charge in [0.25, 0.3) is 0 Å². The monoisotopic (exact) mass is 297 g/mol. The first-order valence-corrected chi connectivity index (χ1v) is 7.28. The van der Waals surface area contributed by atoms with Crippen LogP contribution >= 0.6 is 11.8 Å². The van der Waals surface area contributed by atoms with Crippen LogP contribution in [0.1, 0.15) is 19.8 Å². The molecule has 0 aliphatic carbocycles. The van der Waals surface area contributed by atoms with E-state index in [1.807, 2.05) is 24.3 Å². The normalized spacial score (nSPS) is 11.7. The van der Waals surface area contributed by atoms with Gasteiger partial charge in [-0.2, -0.15) is 0 Å². The molecule has 0 saturated carbocycles. The maximum absolute atomic E-state index is 11.7. The van der Waals surface area contributed by atoms with Crippen molar-refractivity contribution >= 4 is 23.6 Å². The first-order chi connectivity index (χ1) is 9.51. The molecule has 1 aromatic rings. The molecule has 2 N–H and O–H groups in total. The minimum Gasteiger partial charge on any atom is -0.497 e. The van der Waals surface area contributed by atoms with Crippen molar-refractivity contribution in [2.75, 3.05) is 12.9 Å². The quantitative estimate of drug-likeness (QED) is 0.719. The van der Waals surface area contributed by atoms with Crippen molar-refractivity contribution in [3.63, 3.8) is 0 Å². The number of benzene rings is 1. The smallest absolute Gasteiger partial charge is 0.303 e. The summed E-state index contributed by atoms with van der Waals surface area (Å²) < 4.78 is 5.06. The highest BCUT2D eigenvalue weighted by atomic mass is 32.2. The number of carbonyl (C=O) groups excluding carboxylic acids is 1. The second-order valence-electron chi connectivity index (χ2n) is 4.37. The number of carboxylic acids is 1. The van der Waals surface area contributed by atoms with Gasteiger partial charge in [0.2, 0.25) is 5.91 Å². The van der Waals surface area contributed by atoms with E-state index in [1.54, 1.807) is 14.0 Å². The number of methoxy groups -OCH3 is 1. The van der Waals surface area contributed by atoms with E-state index in [4.69, 9.17) is 9.84 Å². The average Bonchev–Trinajstić information content (AvgIpc) is 2.43. The molecule has 1 unspecified atom stereocenters. The fraction of sp³-hybridized carbons (Fsp3) is 0.429. The van der Waals surface area contributed by atoms with Crippen LogP contribution in [0.2, 0.25) is 0 Å². The van der Waals surface area contributed by atoms with E-state index in [-0.39, 0.29) is 18.4 Å². The number of hydrogen-bond donors (Lipinski definition) is 2. The predicted octanol–water partition coefficient (Wildman–Crippen LogP) is 2.16. The predicted molar refractivity (Wildman–Crippen MR) is 78.2 cm³/mol. The van der Waals surface area contributed by atoms with Gasteiger partial charge in [0.05, 0.1) is 12.9 Å². The van der Waals surface area contributed by atoms with E-state index < -0.39 is 5.97 Å². The summed E-state index contributed by atoms with van der Waals surface area (Å²) >= 11 is 1.43. The number of amides is 1. The van der Waals surface area contributed by atoms with Crippen molar-refractivity contribution in [3.05, 3.63) is 24.3 Å². The highest BCUT2D eigenvalue weighted by Crippen LogP contribution is 2.20. The lowest BCUT2D eigenvalue weighted by Gasteiger charge is -2.12. The lowest BCUT2D eigenvalue weighted by atomic mass is 10.2. The number of carboxylic acid groups (broad SMARTS) is 1. The van der Waals surface area contributed by atoms with E-state index in [0.29, 0.717) is 12.2 Å². The lowest BCUT2D eigenvalue weighted by Crippen LogP contribution is -2.34. The Hall–Kier alpha value is -1.69. The van der Waals surface area contributed by atoms with E-state index in [9.17, 15) is 9.59 Å². The Morgan fingerprint density at radius 3 is 2.55 bits per heavy atom. The van der Waals surface area contributed by atoms with Gasteiger partial charge in [-0.3, -0.25) is 9.59 Å². The fourth-order valence-electron chi connectivity index (χ4n) is 1.55. The summed E-state index contributed by atoms with van der Waals surface area (Å²) in [7, 11) is 1.61. The molecule has 0 heterocycles. The molecule has 1 atom stereocenters. The van der Waals surface area contributed by atoms with Crippen molar-refractivity contribution in [3.8, 4) is 5.75 Å². The van der Waals surface area contributed by atoms with Crippen molar-refractivity contribution in [1.29, 1.82) is 0 Å². The summed E-state index contributed by atoms with van der Waals surface area (Å²) in [6.07, 6.45) is 0.501. The Morgan fingerprint density at radius 1 is 1.35 bits per heavy atom. The molecule has 0 spiro atoms. The zero-order valence-electron chi connectivity index (χ0n) is 11.6. The number of carbonyl (C=O) groups is 2. The molecular weight excluding hydrogens is 278 g/mol. The maximum Gasteiger partial charge on any atom is 0.303 e. The minimum absolute atomic E-state index is 0.0626. The fourth-order valence-corrected chi connectivity index (χ4v) is 2.26. The number of aliphatic carboxylic acids is 1. The molecule has 0 saturated heterocycles. The van der Waals surface area contributed by atoms with Crippen LogP contribution in [0.15, 0.2) is 29.2 Å². The molecule has 0 aliphatic heterocycles. The Bertz CT molecular complexity index is 447. The summed E-state index contributed by atoms with van der Waals surface area (Å²) in [6.45, 7) is 1.80. The summed E-state index contributed by atoms with van der Waals surface area (Å²) in [5, 5.41) is 11.3. The summed E-state index contributed by atoms with van der Waals surface area (Å²) in [5.41, 5.74) is 0. The Kier molecular flexibility index (Phi) is 6.93.